The van der Waals surface area contributed by atoms with E-state index in [9.17, 15) is 24.0 Å². The van der Waals surface area contributed by atoms with Crippen LogP contribution in [0.5, 0.6) is 0 Å². The molecule has 0 aromatic carbocycles. The van der Waals surface area contributed by atoms with Crippen LogP contribution in [0.15, 0.2) is 0 Å². The van der Waals surface area contributed by atoms with Crippen LogP contribution in [-0.4, -0.2) is 81.1 Å². The molecule has 13 heteroatoms. The smallest absolute Gasteiger partial charge is 0.320 e. The van der Waals surface area contributed by atoms with Gasteiger partial charge in [-0.3, -0.25) is 19.2 Å². The molecule has 1 unspecified atom stereocenters. The van der Waals surface area contributed by atoms with Crippen molar-refractivity contribution in [2.24, 2.45) is 11.5 Å². The zero-order valence-corrected chi connectivity index (χ0v) is 21.3. The fraction of sp³-hybridized carbons (Fsp3) is 0.783. The van der Waals surface area contributed by atoms with E-state index >= 15 is 0 Å². The molecule has 0 aromatic rings. The zero-order chi connectivity index (χ0) is 26.7. The lowest BCUT2D eigenvalue weighted by atomic mass is 9.88. The number of aliphatic carboxylic acids is 2. The maximum Gasteiger partial charge on any atom is 0.320 e. The number of fused-ring (bicyclic) bond motifs is 1. The standard InChI is InChI=1S/C23H39N5O7S/c24-14(7-6-8-15(25)20(32)33)17(29)9-2-1-5-12-26-21(34)23(11-4-3-10-18(30)31)19-16(13-36-23)27-22(35)28-19/h14-16,19H,1-13,24-25H2,(H,26,34)(H,30,31)(H,32,33)(H2,27,28,35)/t14?,15-,16-,19-,23-/m0/s1. The summed E-state index contributed by atoms with van der Waals surface area (Å²) in [6, 6.07) is -2.34. The van der Waals surface area contributed by atoms with Gasteiger partial charge >= 0.3 is 18.0 Å². The normalized spacial score (nSPS) is 24.3. The van der Waals surface area contributed by atoms with Crippen LogP contribution in [0.2, 0.25) is 0 Å². The molecule has 0 radical (unpaired) electrons. The van der Waals surface area contributed by atoms with Crippen LogP contribution >= 0.6 is 11.8 Å². The van der Waals surface area contributed by atoms with E-state index in [1.807, 2.05) is 0 Å². The Bertz CT molecular complexity index is 814. The summed E-state index contributed by atoms with van der Waals surface area (Å²) in [7, 11) is 0. The number of urea groups is 1. The molecule has 2 rings (SSSR count). The van der Waals surface area contributed by atoms with Crippen LogP contribution in [0.1, 0.15) is 70.6 Å². The first kappa shape index (κ1) is 29.8. The molecule has 0 aliphatic carbocycles. The van der Waals surface area contributed by atoms with Crippen LogP contribution in [0.3, 0.4) is 0 Å². The minimum atomic E-state index is -1.07. The van der Waals surface area contributed by atoms with Crippen molar-refractivity contribution in [1.29, 1.82) is 0 Å². The number of hydrogen-bond acceptors (Lipinski definition) is 8. The third-order valence-corrected chi connectivity index (χ3v) is 8.43. The largest absolute Gasteiger partial charge is 0.481 e. The number of nitrogens with two attached hydrogens (primary N) is 2. The van der Waals surface area contributed by atoms with E-state index < -0.39 is 28.8 Å². The van der Waals surface area contributed by atoms with E-state index in [1.54, 1.807) is 0 Å². The van der Waals surface area contributed by atoms with Gasteiger partial charge in [0, 0.05) is 25.1 Å². The van der Waals surface area contributed by atoms with Gasteiger partial charge in [-0.05, 0) is 44.9 Å². The highest BCUT2D eigenvalue weighted by Gasteiger charge is 2.57. The van der Waals surface area contributed by atoms with Gasteiger partial charge in [-0.15, -0.1) is 11.8 Å². The Labute approximate surface area is 215 Å². The molecule has 2 saturated heterocycles. The average molecular weight is 530 g/mol. The molecule has 2 aliphatic heterocycles. The van der Waals surface area contributed by atoms with Gasteiger partial charge < -0.3 is 37.6 Å². The number of unbranched alkanes of at least 4 members (excludes halogenated alkanes) is 3. The number of Topliss-reactive ketones (excluding diaryl/α,β-unsaturated/α-hetero) is 1. The van der Waals surface area contributed by atoms with Crippen molar-refractivity contribution >= 4 is 41.4 Å². The number of carboxylic acid groups (broad SMARTS) is 2. The monoisotopic (exact) mass is 529 g/mol. The van der Waals surface area contributed by atoms with Gasteiger partial charge in [0.1, 0.15) is 16.6 Å². The SMILES string of the molecule is NC(CCC[C@H](N)C(=O)O)C(=O)CCCCCNC(=O)[C@@]1(CCCCC(=O)O)SC[C@@H]2NC(=O)N[C@@H]21. The molecule has 0 aromatic heterocycles. The summed E-state index contributed by atoms with van der Waals surface area (Å²) < 4.78 is -0.839. The third-order valence-electron chi connectivity index (χ3n) is 6.75. The Kier molecular flexibility index (Phi) is 11.9. The molecular weight excluding hydrogens is 490 g/mol. The summed E-state index contributed by atoms with van der Waals surface area (Å²) in [5.41, 5.74) is 11.3. The lowest BCUT2D eigenvalue weighted by Gasteiger charge is -2.32. The Morgan fingerprint density at radius 2 is 1.67 bits per heavy atom. The van der Waals surface area contributed by atoms with E-state index in [0.717, 1.165) is 6.42 Å². The van der Waals surface area contributed by atoms with E-state index in [-0.39, 0.29) is 42.6 Å². The van der Waals surface area contributed by atoms with Crippen molar-refractivity contribution in [3.05, 3.63) is 0 Å². The molecule has 12 nitrogen and oxygen atoms in total. The second-order valence-electron chi connectivity index (χ2n) is 9.52. The third kappa shape index (κ3) is 8.63. The number of carbonyl (C=O) groups is 5. The summed E-state index contributed by atoms with van der Waals surface area (Å²) in [5.74, 6) is -1.55. The second-order valence-corrected chi connectivity index (χ2v) is 10.9. The molecule has 2 fully saturated rings. The van der Waals surface area contributed by atoms with Crippen LogP contribution in [0.4, 0.5) is 4.79 Å². The minimum Gasteiger partial charge on any atom is -0.481 e. The van der Waals surface area contributed by atoms with E-state index in [0.29, 0.717) is 63.7 Å². The molecule has 3 amide bonds. The van der Waals surface area contributed by atoms with Gasteiger partial charge in [0.15, 0.2) is 0 Å². The maximum absolute atomic E-state index is 13.2. The first-order chi connectivity index (χ1) is 17.1. The molecule has 0 spiro atoms. The van der Waals surface area contributed by atoms with E-state index in [2.05, 4.69) is 16.0 Å². The fourth-order valence-corrected chi connectivity index (χ4v) is 6.28. The molecular formula is C23H39N5O7S. The number of carbonyl (C=O) groups excluding carboxylic acids is 3. The lowest BCUT2D eigenvalue weighted by molar-refractivity contribution is -0.139. The van der Waals surface area contributed by atoms with E-state index in [1.165, 1.54) is 11.8 Å². The molecule has 9 N–H and O–H groups in total. The highest BCUT2D eigenvalue weighted by atomic mass is 32.2. The highest BCUT2D eigenvalue weighted by molar-refractivity contribution is 8.01. The number of rotatable bonds is 18. The van der Waals surface area contributed by atoms with Gasteiger partial charge in [-0.2, -0.15) is 0 Å². The first-order valence-corrected chi connectivity index (χ1v) is 13.5. The minimum absolute atomic E-state index is 0.0410. The fourth-order valence-electron chi connectivity index (χ4n) is 4.63. The molecule has 2 aliphatic rings. The van der Waals surface area contributed by atoms with Gasteiger partial charge in [0.05, 0.1) is 18.1 Å². The molecule has 0 saturated carbocycles. The van der Waals surface area contributed by atoms with Crippen LogP contribution in [0, 0.1) is 0 Å². The quantitative estimate of drug-likeness (QED) is 0.0953. The van der Waals surface area contributed by atoms with Crippen LogP contribution < -0.4 is 27.4 Å². The van der Waals surface area contributed by atoms with Crippen molar-refractivity contribution < 1.29 is 34.2 Å². The van der Waals surface area contributed by atoms with Gasteiger partial charge in [-0.1, -0.05) is 12.8 Å². The maximum atomic E-state index is 13.2. The van der Waals surface area contributed by atoms with Crippen LogP contribution in [0.25, 0.3) is 0 Å². The van der Waals surface area contributed by atoms with Crippen molar-refractivity contribution in [3.63, 3.8) is 0 Å². The average Bonchev–Trinajstić information content (AvgIpc) is 3.36. The number of thioether (sulfide) groups is 1. The second kappa shape index (κ2) is 14.4. The summed E-state index contributed by atoms with van der Waals surface area (Å²) in [5, 5.41) is 26.4. The number of ketones is 1. The van der Waals surface area contributed by atoms with Crippen molar-refractivity contribution in [1.82, 2.24) is 16.0 Å². The van der Waals surface area contributed by atoms with Crippen LogP contribution in [-0.2, 0) is 19.2 Å². The van der Waals surface area contributed by atoms with Gasteiger partial charge in [0.2, 0.25) is 5.91 Å². The molecule has 2 heterocycles. The summed E-state index contributed by atoms with van der Waals surface area (Å²) in [4.78, 5) is 58.8. The summed E-state index contributed by atoms with van der Waals surface area (Å²) in [6.07, 6.45) is 5.06. The lowest BCUT2D eigenvalue weighted by Crippen LogP contribution is -2.56. The Hall–Kier alpha value is -2.38. The van der Waals surface area contributed by atoms with Crippen molar-refractivity contribution in [3.8, 4) is 0 Å². The Morgan fingerprint density at radius 3 is 2.36 bits per heavy atom. The topological polar surface area (TPSA) is 214 Å². The number of hydrogen-bond donors (Lipinski definition) is 7. The zero-order valence-electron chi connectivity index (χ0n) is 20.5. The number of carboxylic acids is 2. The number of nitrogens with one attached hydrogen (secondary N) is 3. The molecule has 0 bridgehead atoms. The molecule has 36 heavy (non-hydrogen) atoms. The molecule has 204 valence electrons. The van der Waals surface area contributed by atoms with Gasteiger partial charge in [0.25, 0.3) is 0 Å². The Balaban J connectivity index is 1.71. The predicted octanol–water partition coefficient (Wildman–Crippen LogP) is 0.322. The number of amides is 3. The Morgan fingerprint density at radius 1 is 0.972 bits per heavy atom. The first-order valence-electron chi connectivity index (χ1n) is 12.5. The van der Waals surface area contributed by atoms with E-state index in [4.69, 9.17) is 21.7 Å². The van der Waals surface area contributed by atoms with Crippen molar-refractivity contribution in [2.75, 3.05) is 12.3 Å². The molecule has 5 atom stereocenters. The predicted molar refractivity (Wildman–Crippen MR) is 134 cm³/mol. The van der Waals surface area contributed by atoms with Crippen molar-refractivity contribution in [2.45, 2.75) is 99.5 Å². The highest BCUT2D eigenvalue weighted by Crippen LogP contribution is 2.44. The van der Waals surface area contributed by atoms with Gasteiger partial charge in [-0.25, -0.2) is 4.79 Å². The summed E-state index contributed by atoms with van der Waals surface area (Å²) in [6.45, 7) is 0.433. The summed E-state index contributed by atoms with van der Waals surface area (Å²) >= 11 is 1.50.